The molecule has 3 aromatic rings. The molecule has 0 aliphatic heterocycles. The second-order valence-corrected chi connectivity index (χ2v) is 6.93. The topological polar surface area (TPSA) is 34.9 Å². The van der Waals surface area contributed by atoms with E-state index in [4.69, 9.17) is 0 Å². The van der Waals surface area contributed by atoms with Crippen molar-refractivity contribution in [2.75, 3.05) is 0 Å². The fourth-order valence-electron chi connectivity index (χ4n) is 2.06. The lowest BCUT2D eigenvalue weighted by Crippen LogP contribution is -2.19. The highest BCUT2D eigenvalue weighted by Crippen LogP contribution is 2.34. The van der Waals surface area contributed by atoms with E-state index >= 15 is 0 Å². The van der Waals surface area contributed by atoms with Crippen LogP contribution in [0.5, 0.6) is 0 Å². The molecule has 21 heavy (non-hydrogen) atoms. The van der Waals surface area contributed by atoms with Crippen molar-refractivity contribution in [2.24, 2.45) is 7.05 Å². The first-order valence-electron chi connectivity index (χ1n) is 6.42. The summed E-state index contributed by atoms with van der Waals surface area (Å²) >= 11 is 2.85. The van der Waals surface area contributed by atoms with E-state index in [1.807, 2.05) is 24.4 Å². The van der Waals surface area contributed by atoms with Gasteiger partial charge in [0.15, 0.2) is 5.16 Å². The predicted octanol–water partition coefficient (Wildman–Crippen LogP) is 3.99. The molecule has 0 amide bonds. The molecule has 3 nitrogen and oxygen atoms in total. The smallest absolute Gasteiger partial charge is 0.271 e. The summed E-state index contributed by atoms with van der Waals surface area (Å²) in [6, 6.07) is 8.35. The van der Waals surface area contributed by atoms with Crippen molar-refractivity contribution in [2.45, 2.75) is 17.3 Å². The summed E-state index contributed by atoms with van der Waals surface area (Å²) < 4.78 is 15.5. The van der Waals surface area contributed by atoms with Crippen molar-refractivity contribution in [1.29, 1.82) is 0 Å². The molecule has 0 N–H and O–H groups in total. The number of aromatic nitrogens is 2. The zero-order valence-electron chi connectivity index (χ0n) is 11.5. The number of benzene rings is 1. The molecule has 108 valence electrons. The highest BCUT2D eigenvalue weighted by molar-refractivity contribution is 7.99. The molecule has 0 aliphatic rings. The van der Waals surface area contributed by atoms with Crippen molar-refractivity contribution in [3.63, 3.8) is 0 Å². The monoisotopic (exact) mass is 320 g/mol. The van der Waals surface area contributed by atoms with Gasteiger partial charge in [0.05, 0.1) is 5.52 Å². The molecular formula is C15H13FN2OS2. The van der Waals surface area contributed by atoms with Crippen molar-refractivity contribution in [1.82, 2.24) is 9.55 Å². The second-order valence-electron chi connectivity index (χ2n) is 4.71. The molecule has 0 bridgehead atoms. The van der Waals surface area contributed by atoms with Crippen LogP contribution in [0.15, 0.2) is 45.7 Å². The Balaban J connectivity index is 1.98. The molecule has 2 heterocycles. The molecule has 1 atom stereocenters. The van der Waals surface area contributed by atoms with Crippen LogP contribution in [0.4, 0.5) is 4.39 Å². The fraction of sp³-hybridized carbons (Fsp3) is 0.200. The average Bonchev–Trinajstić information content (AvgIpc) is 2.93. The largest absolute Gasteiger partial charge is 0.289 e. The highest BCUT2D eigenvalue weighted by Gasteiger charge is 2.14. The van der Waals surface area contributed by atoms with E-state index in [1.54, 1.807) is 17.7 Å². The summed E-state index contributed by atoms with van der Waals surface area (Å²) in [6.07, 6.45) is 0. The molecule has 2 aromatic heterocycles. The maximum Gasteiger partial charge on any atom is 0.271 e. The fourth-order valence-corrected chi connectivity index (χ4v) is 3.86. The molecule has 0 saturated heterocycles. The summed E-state index contributed by atoms with van der Waals surface area (Å²) in [5.41, 5.74) is 1.56. The third kappa shape index (κ3) is 2.73. The normalized spacial score (nSPS) is 12.7. The SMILES string of the molecule is CC(Sc1nc2ccsc2c(=O)n1C)c1cccc(F)c1. The molecule has 0 fully saturated rings. The van der Waals surface area contributed by atoms with Gasteiger partial charge in [-0.2, -0.15) is 0 Å². The number of rotatable bonds is 3. The first kappa shape index (κ1) is 14.3. The minimum absolute atomic E-state index is 0.00915. The van der Waals surface area contributed by atoms with Gasteiger partial charge in [0.2, 0.25) is 0 Å². The van der Waals surface area contributed by atoms with Crippen molar-refractivity contribution >= 4 is 33.3 Å². The Labute approximate surface area is 129 Å². The third-order valence-electron chi connectivity index (χ3n) is 3.25. The lowest BCUT2D eigenvalue weighted by Gasteiger charge is -2.13. The van der Waals surface area contributed by atoms with Crippen molar-refractivity contribution < 1.29 is 4.39 Å². The first-order valence-corrected chi connectivity index (χ1v) is 8.18. The number of thiophene rings is 1. The number of hydrogen-bond donors (Lipinski definition) is 0. The molecule has 6 heteroatoms. The molecule has 0 aliphatic carbocycles. The van der Waals surface area contributed by atoms with Crippen LogP contribution in [0.1, 0.15) is 17.7 Å². The summed E-state index contributed by atoms with van der Waals surface area (Å²) in [7, 11) is 1.72. The molecule has 3 rings (SSSR count). The van der Waals surface area contributed by atoms with Gasteiger partial charge in [-0.3, -0.25) is 9.36 Å². The molecule has 1 unspecified atom stereocenters. The van der Waals surface area contributed by atoms with Crippen molar-refractivity contribution in [3.05, 3.63) is 57.4 Å². The zero-order chi connectivity index (χ0) is 15.0. The molecule has 0 radical (unpaired) electrons. The number of hydrogen-bond acceptors (Lipinski definition) is 4. The maximum atomic E-state index is 13.3. The Morgan fingerprint density at radius 2 is 2.19 bits per heavy atom. The van der Waals surface area contributed by atoms with Gasteiger partial charge in [0.1, 0.15) is 10.5 Å². The van der Waals surface area contributed by atoms with Crippen LogP contribution in [0.25, 0.3) is 10.2 Å². The molecular weight excluding hydrogens is 307 g/mol. The lowest BCUT2D eigenvalue weighted by molar-refractivity contribution is 0.625. The third-order valence-corrected chi connectivity index (χ3v) is 5.34. The Hall–Kier alpha value is -1.66. The van der Waals surface area contributed by atoms with Crippen molar-refractivity contribution in [3.8, 4) is 0 Å². The molecule has 0 spiro atoms. The van der Waals surface area contributed by atoms with E-state index in [1.165, 1.54) is 35.2 Å². The molecule has 1 aromatic carbocycles. The van der Waals surface area contributed by atoms with E-state index < -0.39 is 0 Å². The zero-order valence-corrected chi connectivity index (χ0v) is 13.2. The van der Waals surface area contributed by atoms with E-state index in [0.717, 1.165) is 11.1 Å². The van der Waals surface area contributed by atoms with Crippen LogP contribution in [0.2, 0.25) is 0 Å². The minimum atomic E-state index is -0.255. The van der Waals surface area contributed by atoms with Gasteiger partial charge in [-0.1, -0.05) is 23.9 Å². The second kappa shape index (κ2) is 5.61. The van der Waals surface area contributed by atoms with Gasteiger partial charge in [-0.05, 0) is 36.1 Å². The van der Waals surface area contributed by atoms with Gasteiger partial charge in [0, 0.05) is 12.3 Å². The van der Waals surface area contributed by atoms with E-state index in [-0.39, 0.29) is 16.6 Å². The maximum absolute atomic E-state index is 13.3. The molecule has 0 saturated carbocycles. The Morgan fingerprint density at radius 1 is 1.38 bits per heavy atom. The Bertz CT molecular complexity index is 856. The standard InChI is InChI=1S/C15H13FN2OS2/c1-9(10-4-3-5-11(16)8-10)21-15-17-12-6-7-20-13(12)14(19)18(15)2/h3-9H,1-2H3. The van der Waals surface area contributed by atoms with E-state index in [9.17, 15) is 9.18 Å². The first-order chi connectivity index (χ1) is 10.1. The number of nitrogens with zero attached hydrogens (tertiary/aromatic N) is 2. The average molecular weight is 320 g/mol. The van der Waals surface area contributed by atoms with Crippen LogP contribution in [0.3, 0.4) is 0 Å². The van der Waals surface area contributed by atoms with Gasteiger partial charge in [0.25, 0.3) is 5.56 Å². The summed E-state index contributed by atoms with van der Waals surface area (Å²) in [5, 5.41) is 2.52. The highest BCUT2D eigenvalue weighted by atomic mass is 32.2. The summed E-state index contributed by atoms with van der Waals surface area (Å²) in [5.74, 6) is -0.255. The van der Waals surface area contributed by atoms with Gasteiger partial charge in [-0.15, -0.1) is 11.3 Å². The number of halogens is 1. The Morgan fingerprint density at radius 3 is 2.95 bits per heavy atom. The van der Waals surface area contributed by atoms with E-state index in [0.29, 0.717) is 9.86 Å². The van der Waals surface area contributed by atoms with Gasteiger partial charge in [-0.25, -0.2) is 9.37 Å². The van der Waals surface area contributed by atoms with Gasteiger partial charge < -0.3 is 0 Å². The van der Waals surface area contributed by atoms with Crippen LogP contribution in [0, 0.1) is 5.82 Å². The Kier molecular flexibility index (Phi) is 3.82. The van der Waals surface area contributed by atoms with Gasteiger partial charge >= 0.3 is 0 Å². The van der Waals surface area contributed by atoms with Crippen LogP contribution in [-0.2, 0) is 7.05 Å². The number of fused-ring (bicyclic) bond motifs is 1. The van der Waals surface area contributed by atoms with E-state index in [2.05, 4.69) is 4.98 Å². The number of thioether (sulfide) groups is 1. The summed E-state index contributed by atoms with van der Waals surface area (Å²) in [6.45, 7) is 1.98. The predicted molar refractivity (Wildman–Crippen MR) is 85.5 cm³/mol. The van der Waals surface area contributed by atoms with Crippen LogP contribution >= 0.6 is 23.1 Å². The quantitative estimate of drug-likeness (QED) is 0.541. The van der Waals surface area contributed by atoms with Crippen LogP contribution < -0.4 is 5.56 Å². The van der Waals surface area contributed by atoms with Crippen LogP contribution in [-0.4, -0.2) is 9.55 Å². The summed E-state index contributed by atoms with van der Waals surface area (Å²) in [4.78, 5) is 16.8. The minimum Gasteiger partial charge on any atom is -0.289 e. The lowest BCUT2D eigenvalue weighted by atomic mass is 10.2.